The van der Waals surface area contributed by atoms with Crippen molar-refractivity contribution in [3.05, 3.63) is 35.6 Å². The van der Waals surface area contributed by atoms with Crippen molar-refractivity contribution in [2.45, 2.75) is 26.2 Å². The Bertz CT molecular complexity index is 438. The van der Waals surface area contributed by atoms with Crippen molar-refractivity contribution >= 4 is 18.3 Å². The molecule has 2 N–H and O–H groups in total. The van der Waals surface area contributed by atoms with Crippen LogP contribution in [0.5, 0.6) is 0 Å². The van der Waals surface area contributed by atoms with Crippen molar-refractivity contribution in [1.82, 2.24) is 10.6 Å². The topological polar surface area (TPSA) is 41.1 Å². The highest BCUT2D eigenvalue weighted by atomic mass is 35.5. The number of nitrogens with one attached hydrogen (secondary N) is 2. The molecular formula is C15H24ClFN2O. The van der Waals surface area contributed by atoms with Crippen LogP contribution in [-0.2, 0) is 10.2 Å². The molecule has 0 spiro atoms. The Hall–Kier alpha value is -1.13. The molecule has 1 aromatic rings. The molecule has 0 saturated heterocycles. The second kappa shape index (κ2) is 8.22. The van der Waals surface area contributed by atoms with Crippen molar-refractivity contribution in [1.29, 1.82) is 0 Å². The van der Waals surface area contributed by atoms with Crippen LogP contribution in [0.3, 0.4) is 0 Å². The van der Waals surface area contributed by atoms with Gasteiger partial charge in [0.1, 0.15) is 5.82 Å². The maximum atomic E-state index is 13.2. The van der Waals surface area contributed by atoms with E-state index in [2.05, 4.69) is 10.6 Å². The van der Waals surface area contributed by atoms with E-state index < -0.39 is 0 Å². The summed E-state index contributed by atoms with van der Waals surface area (Å²) in [7, 11) is 1.82. The number of rotatable bonds is 6. The molecule has 5 heteroatoms. The van der Waals surface area contributed by atoms with E-state index in [9.17, 15) is 9.18 Å². The highest BCUT2D eigenvalue weighted by Gasteiger charge is 2.23. The summed E-state index contributed by atoms with van der Waals surface area (Å²) in [6, 6.07) is 6.51. The molecule has 0 fully saturated rings. The minimum atomic E-state index is -0.295. The average Bonchev–Trinajstić information content (AvgIpc) is 2.36. The molecule has 0 aromatic heterocycles. The molecule has 0 bridgehead atoms. The van der Waals surface area contributed by atoms with Crippen LogP contribution in [0.25, 0.3) is 0 Å². The maximum Gasteiger partial charge on any atom is 0.224 e. The third kappa shape index (κ3) is 5.47. The van der Waals surface area contributed by atoms with Crippen LogP contribution in [0.15, 0.2) is 24.3 Å². The molecule has 0 aliphatic carbocycles. The van der Waals surface area contributed by atoms with Gasteiger partial charge < -0.3 is 10.6 Å². The van der Waals surface area contributed by atoms with Crippen molar-refractivity contribution < 1.29 is 9.18 Å². The SMILES string of the molecule is CNCC(C)C(=O)NCC(C)(C)c1cccc(F)c1.Cl. The molecule has 1 unspecified atom stereocenters. The summed E-state index contributed by atoms with van der Waals surface area (Å²) in [5.74, 6) is -0.312. The fraction of sp³-hybridized carbons (Fsp3) is 0.533. The zero-order chi connectivity index (χ0) is 14.5. The molecule has 0 aliphatic rings. The van der Waals surface area contributed by atoms with Gasteiger partial charge in [-0.1, -0.05) is 32.9 Å². The summed E-state index contributed by atoms with van der Waals surface area (Å²) in [4.78, 5) is 11.9. The zero-order valence-corrected chi connectivity index (χ0v) is 13.3. The number of carbonyl (C=O) groups excluding carboxylic acids is 1. The van der Waals surface area contributed by atoms with Gasteiger partial charge in [0.05, 0.1) is 0 Å². The van der Waals surface area contributed by atoms with Crippen LogP contribution in [0.1, 0.15) is 26.3 Å². The van der Waals surface area contributed by atoms with Crippen molar-refractivity contribution in [3.63, 3.8) is 0 Å². The Kier molecular flexibility index (Phi) is 7.76. The largest absolute Gasteiger partial charge is 0.355 e. The van der Waals surface area contributed by atoms with Gasteiger partial charge in [0.25, 0.3) is 0 Å². The monoisotopic (exact) mass is 302 g/mol. The second-order valence-electron chi connectivity index (χ2n) is 5.57. The van der Waals surface area contributed by atoms with E-state index in [0.29, 0.717) is 13.1 Å². The first-order valence-electron chi connectivity index (χ1n) is 6.55. The summed E-state index contributed by atoms with van der Waals surface area (Å²) in [5, 5.41) is 5.90. The number of carbonyl (C=O) groups is 1. The lowest BCUT2D eigenvalue weighted by atomic mass is 9.84. The second-order valence-corrected chi connectivity index (χ2v) is 5.57. The Morgan fingerprint density at radius 2 is 2.05 bits per heavy atom. The molecule has 0 aliphatic heterocycles. The molecule has 20 heavy (non-hydrogen) atoms. The van der Waals surface area contributed by atoms with Gasteiger partial charge in [-0.05, 0) is 24.7 Å². The number of halogens is 2. The van der Waals surface area contributed by atoms with Gasteiger partial charge in [-0.3, -0.25) is 4.79 Å². The highest BCUT2D eigenvalue weighted by molar-refractivity contribution is 5.85. The molecule has 114 valence electrons. The van der Waals surface area contributed by atoms with E-state index in [0.717, 1.165) is 5.56 Å². The van der Waals surface area contributed by atoms with Crippen LogP contribution in [0.2, 0.25) is 0 Å². The van der Waals surface area contributed by atoms with Crippen LogP contribution in [0, 0.1) is 11.7 Å². The van der Waals surface area contributed by atoms with E-state index in [4.69, 9.17) is 0 Å². The van der Waals surface area contributed by atoms with E-state index in [1.807, 2.05) is 33.9 Å². The number of benzene rings is 1. The van der Waals surface area contributed by atoms with E-state index >= 15 is 0 Å². The fourth-order valence-electron chi connectivity index (χ4n) is 1.89. The molecule has 1 rings (SSSR count). The smallest absolute Gasteiger partial charge is 0.224 e. The molecule has 1 aromatic carbocycles. The predicted octanol–water partition coefficient (Wildman–Crippen LogP) is 2.50. The van der Waals surface area contributed by atoms with Gasteiger partial charge in [-0.15, -0.1) is 12.4 Å². The van der Waals surface area contributed by atoms with E-state index in [1.165, 1.54) is 12.1 Å². The Morgan fingerprint density at radius 3 is 2.60 bits per heavy atom. The molecule has 3 nitrogen and oxygen atoms in total. The number of hydrogen-bond donors (Lipinski definition) is 2. The quantitative estimate of drug-likeness (QED) is 0.848. The molecule has 1 atom stereocenters. The first-order chi connectivity index (χ1) is 8.86. The minimum Gasteiger partial charge on any atom is -0.355 e. The standard InChI is InChI=1S/C15H23FN2O.ClH/c1-11(9-17-4)14(19)18-10-15(2,3)12-6-5-7-13(16)8-12;/h5-8,11,17H,9-10H2,1-4H3,(H,18,19);1H. The van der Waals surface area contributed by atoms with Crippen LogP contribution >= 0.6 is 12.4 Å². The summed E-state index contributed by atoms with van der Waals surface area (Å²) >= 11 is 0. The number of amides is 1. The summed E-state index contributed by atoms with van der Waals surface area (Å²) in [5.41, 5.74) is 0.589. The summed E-state index contributed by atoms with van der Waals surface area (Å²) < 4.78 is 13.2. The van der Waals surface area contributed by atoms with Gasteiger partial charge in [0, 0.05) is 24.4 Å². The molecular weight excluding hydrogens is 279 g/mol. The Balaban J connectivity index is 0.00000361. The lowest BCUT2D eigenvalue weighted by molar-refractivity contribution is -0.124. The molecule has 1 amide bonds. The van der Waals surface area contributed by atoms with Gasteiger partial charge in [-0.25, -0.2) is 4.39 Å². The van der Waals surface area contributed by atoms with E-state index in [1.54, 1.807) is 6.07 Å². The normalized spacial score (nSPS) is 12.4. The summed E-state index contributed by atoms with van der Waals surface area (Å²) in [6.07, 6.45) is 0. The van der Waals surface area contributed by atoms with E-state index in [-0.39, 0.29) is 35.5 Å². The fourth-order valence-corrected chi connectivity index (χ4v) is 1.89. The van der Waals surface area contributed by atoms with Crippen molar-refractivity contribution in [2.75, 3.05) is 20.1 Å². The molecule has 0 heterocycles. The van der Waals surface area contributed by atoms with Crippen molar-refractivity contribution in [3.8, 4) is 0 Å². The average molecular weight is 303 g/mol. The van der Waals surface area contributed by atoms with Gasteiger partial charge in [0.2, 0.25) is 5.91 Å². The number of hydrogen-bond acceptors (Lipinski definition) is 2. The van der Waals surface area contributed by atoms with Gasteiger partial charge in [-0.2, -0.15) is 0 Å². The molecule has 0 saturated carbocycles. The highest BCUT2D eigenvalue weighted by Crippen LogP contribution is 2.22. The maximum absolute atomic E-state index is 13.2. The lowest BCUT2D eigenvalue weighted by Crippen LogP contribution is -2.41. The first-order valence-corrected chi connectivity index (χ1v) is 6.55. The van der Waals surface area contributed by atoms with Gasteiger partial charge >= 0.3 is 0 Å². The van der Waals surface area contributed by atoms with Crippen LogP contribution in [0.4, 0.5) is 4.39 Å². The van der Waals surface area contributed by atoms with Crippen LogP contribution < -0.4 is 10.6 Å². The summed E-state index contributed by atoms with van der Waals surface area (Å²) in [6.45, 7) is 6.99. The van der Waals surface area contributed by atoms with Crippen LogP contribution in [-0.4, -0.2) is 26.0 Å². The van der Waals surface area contributed by atoms with Crippen molar-refractivity contribution in [2.24, 2.45) is 5.92 Å². The minimum absolute atomic E-state index is 0. The van der Waals surface area contributed by atoms with Gasteiger partial charge in [0.15, 0.2) is 0 Å². The Labute approximate surface area is 126 Å². The third-order valence-electron chi connectivity index (χ3n) is 3.27. The predicted molar refractivity (Wildman–Crippen MR) is 82.8 cm³/mol. The zero-order valence-electron chi connectivity index (χ0n) is 12.5. The Morgan fingerprint density at radius 1 is 1.40 bits per heavy atom. The lowest BCUT2D eigenvalue weighted by Gasteiger charge is -2.26. The molecule has 0 radical (unpaired) electrons. The first kappa shape index (κ1) is 18.9. The third-order valence-corrected chi connectivity index (χ3v) is 3.27.